The summed E-state index contributed by atoms with van der Waals surface area (Å²) >= 11 is 0. The third kappa shape index (κ3) is 4.70. The number of aryl methyl sites for hydroxylation is 1. The van der Waals surface area contributed by atoms with Crippen molar-refractivity contribution in [1.82, 2.24) is 0 Å². The molecule has 0 saturated heterocycles. The van der Waals surface area contributed by atoms with Crippen molar-refractivity contribution in [3.8, 4) is 11.5 Å². The monoisotopic (exact) mass is 331 g/mol. The van der Waals surface area contributed by atoms with Crippen molar-refractivity contribution in [3.05, 3.63) is 89.5 Å². The van der Waals surface area contributed by atoms with Crippen molar-refractivity contribution >= 4 is 11.9 Å². The molecular formula is C22H21NO2. The third-order valence-corrected chi connectivity index (χ3v) is 3.82. The van der Waals surface area contributed by atoms with Crippen molar-refractivity contribution in [2.75, 3.05) is 7.11 Å². The minimum absolute atomic E-state index is 0.508. The summed E-state index contributed by atoms with van der Waals surface area (Å²) in [7, 11) is 1.65. The Labute approximate surface area is 148 Å². The fourth-order valence-electron chi connectivity index (χ4n) is 2.39. The van der Waals surface area contributed by atoms with Crippen LogP contribution < -0.4 is 9.47 Å². The zero-order valence-corrected chi connectivity index (χ0v) is 14.5. The molecule has 0 N–H and O–H groups in total. The molecule has 0 bridgehead atoms. The third-order valence-electron chi connectivity index (χ3n) is 3.82. The maximum Gasteiger partial charge on any atom is 0.161 e. The molecule has 0 fully saturated rings. The highest BCUT2D eigenvalue weighted by atomic mass is 16.5. The maximum absolute atomic E-state index is 5.90. The number of aliphatic imine (C=N–C) groups is 1. The number of benzene rings is 3. The van der Waals surface area contributed by atoms with Crippen LogP contribution in [0.5, 0.6) is 11.5 Å². The van der Waals surface area contributed by atoms with E-state index in [1.807, 2.05) is 54.7 Å². The Hall–Kier alpha value is -3.07. The van der Waals surface area contributed by atoms with Gasteiger partial charge in [0.15, 0.2) is 11.5 Å². The Balaban J connectivity index is 1.71. The van der Waals surface area contributed by atoms with Crippen LogP contribution in [0.1, 0.15) is 16.7 Å². The number of hydrogen-bond donors (Lipinski definition) is 0. The standard InChI is InChI=1S/C22H21NO2/c1-17-8-10-18(11-9-17)16-25-21-13-12-19(14-22(21)24-2)15-23-20-6-4-3-5-7-20/h3-15H,16H2,1-2H3. The van der Waals surface area contributed by atoms with Crippen LogP contribution in [-0.2, 0) is 6.61 Å². The van der Waals surface area contributed by atoms with E-state index in [1.54, 1.807) is 7.11 Å². The van der Waals surface area contributed by atoms with Gasteiger partial charge in [-0.1, -0.05) is 48.0 Å². The van der Waals surface area contributed by atoms with Gasteiger partial charge in [0.2, 0.25) is 0 Å². The Morgan fingerprint density at radius 1 is 0.880 bits per heavy atom. The lowest BCUT2D eigenvalue weighted by Crippen LogP contribution is -1.98. The molecule has 0 aliphatic carbocycles. The number of nitrogens with zero attached hydrogens (tertiary/aromatic N) is 1. The molecule has 0 spiro atoms. The quantitative estimate of drug-likeness (QED) is 0.571. The molecule has 0 aliphatic rings. The number of rotatable bonds is 6. The van der Waals surface area contributed by atoms with Gasteiger partial charge in [0.25, 0.3) is 0 Å². The van der Waals surface area contributed by atoms with Crippen LogP contribution in [0.25, 0.3) is 0 Å². The molecule has 0 amide bonds. The largest absolute Gasteiger partial charge is 0.493 e. The SMILES string of the molecule is COc1cc(C=Nc2ccccc2)ccc1OCc1ccc(C)cc1. The Kier molecular flexibility index (Phi) is 5.47. The molecule has 0 unspecified atom stereocenters. The summed E-state index contributed by atoms with van der Waals surface area (Å²) in [5.74, 6) is 1.42. The highest BCUT2D eigenvalue weighted by molar-refractivity contribution is 5.83. The molecule has 25 heavy (non-hydrogen) atoms. The van der Waals surface area contributed by atoms with Crippen LogP contribution in [0.3, 0.4) is 0 Å². The second-order valence-corrected chi connectivity index (χ2v) is 5.78. The predicted molar refractivity (Wildman–Crippen MR) is 102 cm³/mol. The van der Waals surface area contributed by atoms with E-state index in [4.69, 9.17) is 9.47 Å². The minimum atomic E-state index is 0.508. The first-order valence-electron chi connectivity index (χ1n) is 8.20. The van der Waals surface area contributed by atoms with E-state index in [0.29, 0.717) is 12.4 Å². The maximum atomic E-state index is 5.90. The van der Waals surface area contributed by atoms with Gasteiger partial charge < -0.3 is 9.47 Å². The van der Waals surface area contributed by atoms with Crippen LogP contribution >= 0.6 is 0 Å². The first kappa shape index (κ1) is 16.8. The van der Waals surface area contributed by atoms with E-state index < -0.39 is 0 Å². The smallest absolute Gasteiger partial charge is 0.161 e. The summed E-state index contributed by atoms with van der Waals surface area (Å²) in [5.41, 5.74) is 4.25. The van der Waals surface area contributed by atoms with Gasteiger partial charge in [0.05, 0.1) is 12.8 Å². The molecule has 3 rings (SSSR count). The summed E-state index contributed by atoms with van der Waals surface area (Å²) in [4.78, 5) is 4.46. The van der Waals surface area contributed by atoms with Gasteiger partial charge in [-0.15, -0.1) is 0 Å². The Morgan fingerprint density at radius 2 is 1.64 bits per heavy atom. The molecule has 3 nitrogen and oxygen atoms in total. The molecule has 0 aliphatic heterocycles. The molecular weight excluding hydrogens is 310 g/mol. The van der Waals surface area contributed by atoms with Crippen LogP contribution in [0, 0.1) is 6.92 Å². The highest BCUT2D eigenvalue weighted by Gasteiger charge is 2.05. The van der Waals surface area contributed by atoms with E-state index in [2.05, 4.69) is 36.2 Å². The minimum Gasteiger partial charge on any atom is -0.493 e. The van der Waals surface area contributed by atoms with E-state index in [-0.39, 0.29) is 0 Å². The summed E-state index contributed by atoms with van der Waals surface area (Å²) in [5, 5.41) is 0. The topological polar surface area (TPSA) is 30.8 Å². The summed E-state index contributed by atoms with van der Waals surface area (Å²) in [6.45, 7) is 2.58. The van der Waals surface area contributed by atoms with E-state index in [9.17, 15) is 0 Å². The van der Waals surface area contributed by atoms with Crippen LogP contribution in [0.15, 0.2) is 77.8 Å². The Bertz CT molecular complexity index is 840. The van der Waals surface area contributed by atoms with Crippen LogP contribution in [0.2, 0.25) is 0 Å². The average molecular weight is 331 g/mol. The molecule has 126 valence electrons. The molecule has 0 aromatic heterocycles. The van der Waals surface area contributed by atoms with Gasteiger partial charge in [0.1, 0.15) is 6.61 Å². The number of hydrogen-bond acceptors (Lipinski definition) is 3. The molecule has 0 atom stereocenters. The lowest BCUT2D eigenvalue weighted by molar-refractivity contribution is 0.284. The van der Waals surface area contributed by atoms with Crippen molar-refractivity contribution in [2.24, 2.45) is 4.99 Å². The fraction of sp³-hybridized carbons (Fsp3) is 0.136. The van der Waals surface area contributed by atoms with Gasteiger partial charge in [-0.05, 0) is 48.4 Å². The summed E-state index contributed by atoms with van der Waals surface area (Å²) in [6.07, 6.45) is 1.82. The second kappa shape index (κ2) is 8.15. The molecule has 0 saturated carbocycles. The molecule has 3 aromatic carbocycles. The predicted octanol–water partition coefficient (Wildman–Crippen LogP) is 5.33. The van der Waals surface area contributed by atoms with Crippen LogP contribution in [0.4, 0.5) is 5.69 Å². The fourth-order valence-corrected chi connectivity index (χ4v) is 2.39. The average Bonchev–Trinajstić information content (AvgIpc) is 2.67. The van der Waals surface area contributed by atoms with Gasteiger partial charge >= 0.3 is 0 Å². The normalized spacial score (nSPS) is 10.8. The molecule has 0 heterocycles. The molecule has 0 radical (unpaired) electrons. The van der Waals surface area contributed by atoms with E-state index in [0.717, 1.165) is 22.6 Å². The number of methoxy groups -OCH3 is 1. The van der Waals surface area contributed by atoms with Crippen LogP contribution in [-0.4, -0.2) is 13.3 Å². The van der Waals surface area contributed by atoms with Crippen molar-refractivity contribution < 1.29 is 9.47 Å². The Morgan fingerprint density at radius 3 is 2.36 bits per heavy atom. The van der Waals surface area contributed by atoms with E-state index in [1.165, 1.54) is 5.56 Å². The zero-order valence-electron chi connectivity index (χ0n) is 14.5. The van der Waals surface area contributed by atoms with Crippen molar-refractivity contribution in [2.45, 2.75) is 13.5 Å². The van der Waals surface area contributed by atoms with Crippen molar-refractivity contribution in [1.29, 1.82) is 0 Å². The van der Waals surface area contributed by atoms with Gasteiger partial charge in [-0.25, -0.2) is 0 Å². The summed E-state index contributed by atoms with van der Waals surface area (Å²) < 4.78 is 11.4. The van der Waals surface area contributed by atoms with E-state index >= 15 is 0 Å². The van der Waals surface area contributed by atoms with Crippen molar-refractivity contribution in [3.63, 3.8) is 0 Å². The highest BCUT2D eigenvalue weighted by Crippen LogP contribution is 2.28. The number of ether oxygens (including phenoxy) is 2. The lowest BCUT2D eigenvalue weighted by Gasteiger charge is -2.11. The second-order valence-electron chi connectivity index (χ2n) is 5.78. The van der Waals surface area contributed by atoms with Gasteiger partial charge in [0, 0.05) is 6.21 Å². The first-order valence-corrected chi connectivity index (χ1v) is 8.20. The molecule has 3 aromatic rings. The molecule has 3 heteroatoms. The summed E-state index contributed by atoms with van der Waals surface area (Å²) in [6, 6.07) is 24.0. The van der Waals surface area contributed by atoms with Gasteiger partial charge in [-0.2, -0.15) is 0 Å². The van der Waals surface area contributed by atoms with Gasteiger partial charge in [-0.3, -0.25) is 4.99 Å². The zero-order chi connectivity index (χ0) is 17.5. The lowest BCUT2D eigenvalue weighted by atomic mass is 10.1. The first-order chi connectivity index (χ1) is 12.2. The number of para-hydroxylation sites is 1.